The average molecular weight is 334 g/mol. The predicted octanol–water partition coefficient (Wildman–Crippen LogP) is 4.75. The molecule has 0 aliphatic heterocycles. The third kappa shape index (κ3) is 2.50. The van der Waals surface area contributed by atoms with E-state index in [0.29, 0.717) is 10.8 Å². The van der Waals surface area contributed by atoms with Gasteiger partial charge in [-0.25, -0.2) is 0 Å². The lowest BCUT2D eigenvalue weighted by Crippen LogP contribution is -2.53. The number of hydrogen-bond donors (Lipinski definition) is 2. The molecular weight excluding hydrogens is 294 g/mol. The largest absolute Gasteiger partial charge is 0.393 e. The molecule has 0 aromatic rings. The Labute approximate surface area is 149 Å². The number of hydrogen-bond acceptors (Lipinski definition) is 2. The van der Waals surface area contributed by atoms with Crippen LogP contribution in [0.3, 0.4) is 0 Å². The monoisotopic (exact) mass is 333 g/mol. The highest BCUT2D eigenvalue weighted by atomic mass is 16.3. The number of fused-ring (bicyclic) bond motifs is 5. The normalized spacial score (nSPS) is 54.0. The molecule has 4 fully saturated rings. The first-order chi connectivity index (χ1) is 11.5. The highest BCUT2D eigenvalue weighted by molar-refractivity contribution is 5.09. The maximum atomic E-state index is 10.2. The molecule has 24 heavy (non-hydrogen) atoms. The molecule has 4 aliphatic carbocycles. The lowest BCUT2D eigenvalue weighted by atomic mass is 9.44. The second kappa shape index (κ2) is 6.27. The molecule has 4 rings (SSSR count). The van der Waals surface area contributed by atoms with Crippen LogP contribution in [-0.2, 0) is 0 Å². The van der Waals surface area contributed by atoms with Crippen LogP contribution in [0, 0.1) is 40.4 Å². The van der Waals surface area contributed by atoms with Gasteiger partial charge in [-0.15, -0.1) is 0 Å². The zero-order valence-electron chi connectivity index (χ0n) is 16.0. The molecule has 8 atom stereocenters. The fourth-order valence-electron chi connectivity index (χ4n) is 8.18. The molecule has 0 unspecified atom stereocenters. The molecule has 138 valence electrons. The molecule has 0 bridgehead atoms. The van der Waals surface area contributed by atoms with Gasteiger partial charge in [0.05, 0.1) is 6.10 Å². The number of aliphatic hydroxyl groups is 1. The fourth-order valence-corrected chi connectivity index (χ4v) is 8.18. The highest BCUT2D eigenvalue weighted by Gasteiger charge is 2.59. The van der Waals surface area contributed by atoms with Gasteiger partial charge in [0.25, 0.3) is 0 Å². The summed E-state index contributed by atoms with van der Waals surface area (Å²) < 4.78 is 0. The van der Waals surface area contributed by atoms with E-state index in [2.05, 4.69) is 13.8 Å². The molecule has 0 saturated heterocycles. The third-order valence-electron chi connectivity index (χ3n) is 9.59. The molecule has 0 spiro atoms. The minimum atomic E-state index is -0.0133. The van der Waals surface area contributed by atoms with E-state index < -0.39 is 0 Å². The summed E-state index contributed by atoms with van der Waals surface area (Å²) in [5.41, 5.74) is 6.94. The van der Waals surface area contributed by atoms with Crippen LogP contribution in [0.5, 0.6) is 0 Å². The smallest absolute Gasteiger partial charge is 0.0543 e. The van der Waals surface area contributed by atoms with Crippen molar-refractivity contribution in [3.05, 3.63) is 0 Å². The topological polar surface area (TPSA) is 46.2 Å². The standard InChI is InChI=1S/C22H39NO/c1-21-12-10-20-18(19(21)8-6-15(21)4-3-13-23)7-5-16-14-17(24)9-11-22(16,20)2/h15-20,24H,3-14,23H2,1-2H3/t15-,16+,17+,18-,19-,20-,21+,22-/m0/s1. The van der Waals surface area contributed by atoms with E-state index in [0.717, 1.165) is 49.0 Å². The SMILES string of the molecule is C[C@]12CC[C@@H](O)C[C@H]1CC[C@@H]1[C@@H]2CC[C@]2(C)[C@@H](CCCN)CC[C@@H]12. The molecule has 2 heteroatoms. The molecule has 0 aromatic heterocycles. The van der Waals surface area contributed by atoms with Gasteiger partial charge in [-0.2, -0.15) is 0 Å². The number of nitrogens with two attached hydrogens (primary N) is 1. The van der Waals surface area contributed by atoms with E-state index in [-0.39, 0.29) is 6.10 Å². The Balaban J connectivity index is 1.54. The molecule has 4 aliphatic rings. The van der Waals surface area contributed by atoms with E-state index >= 15 is 0 Å². The zero-order valence-corrected chi connectivity index (χ0v) is 16.0. The highest BCUT2D eigenvalue weighted by Crippen LogP contribution is 2.67. The minimum Gasteiger partial charge on any atom is -0.393 e. The van der Waals surface area contributed by atoms with Gasteiger partial charge in [-0.3, -0.25) is 0 Å². The fraction of sp³-hybridized carbons (Fsp3) is 1.00. The first-order valence-electron chi connectivity index (χ1n) is 10.9. The van der Waals surface area contributed by atoms with Crippen LogP contribution in [0.1, 0.15) is 84.5 Å². The van der Waals surface area contributed by atoms with Crippen molar-refractivity contribution in [3.63, 3.8) is 0 Å². The quantitative estimate of drug-likeness (QED) is 0.783. The Morgan fingerprint density at radius 1 is 0.917 bits per heavy atom. The van der Waals surface area contributed by atoms with E-state index in [1.165, 1.54) is 57.8 Å². The Morgan fingerprint density at radius 2 is 1.67 bits per heavy atom. The zero-order chi connectivity index (χ0) is 16.9. The summed E-state index contributed by atoms with van der Waals surface area (Å²) in [5, 5.41) is 10.2. The minimum absolute atomic E-state index is 0.0133. The summed E-state index contributed by atoms with van der Waals surface area (Å²) in [6.07, 6.45) is 14.7. The lowest BCUT2D eigenvalue weighted by molar-refractivity contribution is -0.126. The van der Waals surface area contributed by atoms with Gasteiger partial charge in [0.2, 0.25) is 0 Å². The average Bonchev–Trinajstić information content (AvgIpc) is 2.90. The van der Waals surface area contributed by atoms with Crippen molar-refractivity contribution in [2.24, 2.45) is 46.2 Å². The summed E-state index contributed by atoms with van der Waals surface area (Å²) in [5.74, 6) is 4.62. The van der Waals surface area contributed by atoms with Crippen molar-refractivity contribution >= 4 is 0 Å². The van der Waals surface area contributed by atoms with Crippen molar-refractivity contribution in [2.45, 2.75) is 90.6 Å². The van der Waals surface area contributed by atoms with Gasteiger partial charge in [0.15, 0.2) is 0 Å². The van der Waals surface area contributed by atoms with Crippen molar-refractivity contribution in [2.75, 3.05) is 6.54 Å². The van der Waals surface area contributed by atoms with Crippen LogP contribution in [0.4, 0.5) is 0 Å². The van der Waals surface area contributed by atoms with Crippen LogP contribution >= 0.6 is 0 Å². The molecular formula is C22H39NO. The Bertz CT molecular complexity index is 465. The molecule has 2 nitrogen and oxygen atoms in total. The molecule has 0 amide bonds. The maximum absolute atomic E-state index is 10.2. The van der Waals surface area contributed by atoms with Crippen molar-refractivity contribution in [3.8, 4) is 0 Å². The number of rotatable bonds is 3. The van der Waals surface area contributed by atoms with E-state index in [9.17, 15) is 5.11 Å². The van der Waals surface area contributed by atoms with Crippen LogP contribution < -0.4 is 5.73 Å². The molecule has 0 heterocycles. The van der Waals surface area contributed by atoms with Gasteiger partial charge in [-0.05, 0) is 118 Å². The Hall–Kier alpha value is -0.0800. The Kier molecular flexibility index (Phi) is 4.53. The summed E-state index contributed by atoms with van der Waals surface area (Å²) in [7, 11) is 0. The van der Waals surface area contributed by atoms with Crippen LogP contribution in [0.2, 0.25) is 0 Å². The van der Waals surface area contributed by atoms with Gasteiger partial charge in [-0.1, -0.05) is 13.8 Å². The first-order valence-corrected chi connectivity index (χ1v) is 10.9. The molecule has 0 aromatic carbocycles. The van der Waals surface area contributed by atoms with E-state index in [1.54, 1.807) is 0 Å². The molecule has 4 saturated carbocycles. The summed E-state index contributed by atoms with van der Waals surface area (Å²) in [4.78, 5) is 0. The van der Waals surface area contributed by atoms with Gasteiger partial charge in [0.1, 0.15) is 0 Å². The second-order valence-corrected chi connectivity index (χ2v) is 10.3. The summed E-state index contributed by atoms with van der Waals surface area (Å²) >= 11 is 0. The first kappa shape index (κ1) is 17.3. The van der Waals surface area contributed by atoms with Crippen molar-refractivity contribution in [1.29, 1.82) is 0 Å². The van der Waals surface area contributed by atoms with Gasteiger partial charge in [0, 0.05) is 0 Å². The Morgan fingerprint density at radius 3 is 2.46 bits per heavy atom. The molecule has 3 N–H and O–H groups in total. The summed E-state index contributed by atoms with van der Waals surface area (Å²) in [6, 6.07) is 0. The van der Waals surface area contributed by atoms with Crippen LogP contribution in [0.15, 0.2) is 0 Å². The number of aliphatic hydroxyl groups excluding tert-OH is 1. The van der Waals surface area contributed by atoms with E-state index in [1.807, 2.05) is 0 Å². The lowest BCUT2D eigenvalue weighted by Gasteiger charge is -2.61. The maximum Gasteiger partial charge on any atom is 0.0543 e. The predicted molar refractivity (Wildman–Crippen MR) is 99.5 cm³/mol. The summed E-state index contributed by atoms with van der Waals surface area (Å²) in [6.45, 7) is 6.11. The van der Waals surface area contributed by atoms with Gasteiger partial charge >= 0.3 is 0 Å². The second-order valence-electron chi connectivity index (χ2n) is 10.3. The van der Waals surface area contributed by atoms with Crippen LogP contribution in [0.25, 0.3) is 0 Å². The third-order valence-corrected chi connectivity index (χ3v) is 9.59. The van der Waals surface area contributed by atoms with E-state index in [4.69, 9.17) is 5.73 Å². The molecule has 0 radical (unpaired) electrons. The van der Waals surface area contributed by atoms with Crippen LogP contribution in [-0.4, -0.2) is 17.8 Å². The van der Waals surface area contributed by atoms with Crippen molar-refractivity contribution in [1.82, 2.24) is 0 Å². The van der Waals surface area contributed by atoms with Crippen molar-refractivity contribution < 1.29 is 5.11 Å². The van der Waals surface area contributed by atoms with Gasteiger partial charge < -0.3 is 10.8 Å².